The third kappa shape index (κ3) is 2.90. The van der Waals surface area contributed by atoms with Crippen molar-refractivity contribution >= 4 is 28.4 Å². The summed E-state index contributed by atoms with van der Waals surface area (Å²) in [4.78, 5) is 12.8. The molecule has 3 aromatic heterocycles. The summed E-state index contributed by atoms with van der Waals surface area (Å²) in [6, 6.07) is 0. The van der Waals surface area contributed by atoms with Crippen LogP contribution in [0.15, 0.2) is 6.20 Å². The Morgan fingerprint density at radius 2 is 2.00 bits per heavy atom. The molecule has 0 bridgehead atoms. The Bertz CT molecular complexity index is 843. The predicted octanol–water partition coefficient (Wildman–Crippen LogP) is 2.46. The van der Waals surface area contributed by atoms with Crippen molar-refractivity contribution in [3.8, 4) is 0 Å². The largest absolute Gasteiger partial charge is 0.354 e. The van der Waals surface area contributed by atoms with Crippen molar-refractivity contribution in [3.05, 3.63) is 22.6 Å². The summed E-state index contributed by atoms with van der Waals surface area (Å²) >= 11 is 1.43. The Balaban J connectivity index is 2.10. The maximum atomic E-state index is 4.82. The highest BCUT2D eigenvalue weighted by Gasteiger charge is 2.23. The molecular formula is C15H21N7S. The second-order valence-corrected chi connectivity index (χ2v) is 7.60. The van der Waals surface area contributed by atoms with Crippen molar-refractivity contribution in [2.45, 2.75) is 39.7 Å². The summed E-state index contributed by atoms with van der Waals surface area (Å²) in [5, 5.41) is 9.38. The molecule has 0 aromatic carbocycles. The molecule has 0 aliphatic carbocycles. The van der Waals surface area contributed by atoms with Crippen molar-refractivity contribution < 1.29 is 0 Å². The van der Waals surface area contributed by atoms with Gasteiger partial charge in [-0.3, -0.25) is 4.68 Å². The zero-order chi connectivity index (χ0) is 16.8. The van der Waals surface area contributed by atoms with Gasteiger partial charge in [0.25, 0.3) is 0 Å². The molecule has 3 heterocycles. The van der Waals surface area contributed by atoms with Crippen LogP contribution in [0.25, 0.3) is 11.0 Å². The van der Waals surface area contributed by atoms with Gasteiger partial charge in [-0.25, -0.2) is 9.97 Å². The van der Waals surface area contributed by atoms with E-state index in [2.05, 4.69) is 40.4 Å². The van der Waals surface area contributed by atoms with E-state index in [1.54, 1.807) is 4.68 Å². The number of aryl methyl sites for hydroxylation is 2. The van der Waals surface area contributed by atoms with Gasteiger partial charge in [0.15, 0.2) is 5.65 Å². The molecule has 0 N–H and O–H groups in total. The molecule has 3 aromatic rings. The lowest BCUT2D eigenvalue weighted by Gasteiger charge is -2.22. The van der Waals surface area contributed by atoms with E-state index in [4.69, 9.17) is 9.97 Å². The van der Waals surface area contributed by atoms with Crippen LogP contribution in [0, 0.1) is 6.92 Å². The van der Waals surface area contributed by atoms with E-state index in [1.165, 1.54) is 11.5 Å². The summed E-state index contributed by atoms with van der Waals surface area (Å²) in [7, 11) is 3.93. The molecule has 0 spiro atoms. The third-order valence-electron chi connectivity index (χ3n) is 3.73. The first-order chi connectivity index (χ1) is 10.8. The van der Waals surface area contributed by atoms with Gasteiger partial charge in [0.2, 0.25) is 0 Å². The second kappa shape index (κ2) is 5.52. The van der Waals surface area contributed by atoms with Gasteiger partial charge in [0.05, 0.1) is 28.7 Å². The summed E-state index contributed by atoms with van der Waals surface area (Å²) in [6.45, 7) is 9.05. The lowest BCUT2D eigenvalue weighted by molar-refractivity contribution is 0.546. The quantitative estimate of drug-likeness (QED) is 0.734. The molecular weight excluding hydrogens is 310 g/mol. The number of fused-ring (bicyclic) bond motifs is 1. The SMILES string of the molecule is Cc1nnsc1CN(C)c1nc(C(C)(C)C)nc2c1cnn2C. The van der Waals surface area contributed by atoms with Gasteiger partial charge < -0.3 is 4.90 Å². The fraction of sp³-hybridized carbons (Fsp3) is 0.533. The summed E-state index contributed by atoms with van der Waals surface area (Å²) in [5.74, 6) is 1.70. The highest BCUT2D eigenvalue weighted by molar-refractivity contribution is 7.05. The first-order valence-electron chi connectivity index (χ1n) is 7.46. The van der Waals surface area contributed by atoms with Crippen LogP contribution < -0.4 is 4.90 Å². The number of anilines is 1. The van der Waals surface area contributed by atoms with Gasteiger partial charge in [-0.1, -0.05) is 25.3 Å². The molecule has 0 radical (unpaired) electrons. The van der Waals surface area contributed by atoms with Crippen LogP contribution in [0.2, 0.25) is 0 Å². The van der Waals surface area contributed by atoms with E-state index in [-0.39, 0.29) is 5.41 Å². The molecule has 7 nitrogen and oxygen atoms in total. The van der Waals surface area contributed by atoms with Crippen molar-refractivity contribution in [1.29, 1.82) is 0 Å². The van der Waals surface area contributed by atoms with Crippen LogP contribution in [0.1, 0.15) is 37.2 Å². The molecule has 23 heavy (non-hydrogen) atoms. The molecule has 122 valence electrons. The van der Waals surface area contributed by atoms with Gasteiger partial charge in [0, 0.05) is 19.5 Å². The fourth-order valence-corrected chi connectivity index (χ4v) is 3.01. The molecule has 0 saturated heterocycles. The number of aromatic nitrogens is 6. The van der Waals surface area contributed by atoms with Crippen molar-refractivity contribution in [3.63, 3.8) is 0 Å². The van der Waals surface area contributed by atoms with Gasteiger partial charge in [-0.2, -0.15) is 5.10 Å². The van der Waals surface area contributed by atoms with E-state index < -0.39 is 0 Å². The maximum absolute atomic E-state index is 4.82. The second-order valence-electron chi connectivity index (χ2n) is 6.76. The number of hydrogen-bond acceptors (Lipinski definition) is 7. The molecule has 3 rings (SSSR count). The first-order valence-corrected chi connectivity index (χ1v) is 8.24. The highest BCUT2D eigenvalue weighted by Crippen LogP contribution is 2.28. The maximum Gasteiger partial charge on any atom is 0.163 e. The number of nitrogens with zero attached hydrogens (tertiary/aromatic N) is 7. The zero-order valence-corrected chi connectivity index (χ0v) is 15.1. The lowest BCUT2D eigenvalue weighted by atomic mass is 9.95. The van der Waals surface area contributed by atoms with E-state index >= 15 is 0 Å². The minimum Gasteiger partial charge on any atom is -0.354 e. The first kappa shape index (κ1) is 15.8. The average Bonchev–Trinajstić information content (AvgIpc) is 3.04. The zero-order valence-electron chi connectivity index (χ0n) is 14.3. The molecule has 0 fully saturated rings. The molecule has 0 saturated carbocycles. The fourth-order valence-electron chi connectivity index (χ4n) is 2.32. The van der Waals surface area contributed by atoms with E-state index in [0.29, 0.717) is 6.54 Å². The Morgan fingerprint density at radius 3 is 2.61 bits per heavy atom. The van der Waals surface area contributed by atoms with Gasteiger partial charge in [-0.15, -0.1) is 5.10 Å². The third-order valence-corrected chi connectivity index (χ3v) is 4.54. The van der Waals surface area contributed by atoms with Crippen LogP contribution in [0.5, 0.6) is 0 Å². The molecule has 0 amide bonds. The molecule has 0 aliphatic heterocycles. The van der Waals surface area contributed by atoms with Gasteiger partial charge >= 0.3 is 0 Å². The summed E-state index contributed by atoms with van der Waals surface area (Å²) < 4.78 is 5.80. The van der Waals surface area contributed by atoms with E-state index in [0.717, 1.165) is 33.2 Å². The molecule has 0 aliphatic rings. The van der Waals surface area contributed by atoms with Crippen molar-refractivity contribution in [2.24, 2.45) is 7.05 Å². The normalized spacial score (nSPS) is 12.1. The van der Waals surface area contributed by atoms with Crippen LogP contribution in [0.3, 0.4) is 0 Å². The summed E-state index contributed by atoms with van der Waals surface area (Å²) in [6.07, 6.45) is 1.82. The van der Waals surface area contributed by atoms with Crippen molar-refractivity contribution in [2.75, 3.05) is 11.9 Å². The Hall–Kier alpha value is -2.09. The lowest BCUT2D eigenvalue weighted by Crippen LogP contribution is -2.22. The van der Waals surface area contributed by atoms with Crippen LogP contribution in [0.4, 0.5) is 5.82 Å². The smallest absolute Gasteiger partial charge is 0.163 e. The van der Waals surface area contributed by atoms with Crippen LogP contribution >= 0.6 is 11.5 Å². The minimum absolute atomic E-state index is 0.129. The van der Waals surface area contributed by atoms with Gasteiger partial charge in [-0.05, 0) is 18.5 Å². The van der Waals surface area contributed by atoms with Crippen LogP contribution in [-0.2, 0) is 19.0 Å². The van der Waals surface area contributed by atoms with E-state index in [1.807, 2.05) is 27.2 Å². The average molecular weight is 331 g/mol. The number of hydrogen-bond donors (Lipinski definition) is 0. The van der Waals surface area contributed by atoms with Crippen LogP contribution in [-0.4, -0.2) is 36.4 Å². The standard InChI is InChI=1S/C15H21N7S/c1-9-11(23-20-19-9)8-21(5)12-10-7-16-22(6)13(10)18-14(17-12)15(2,3)4/h7H,8H2,1-6H3. The Kier molecular flexibility index (Phi) is 3.79. The van der Waals surface area contributed by atoms with Crippen molar-refractivity contribution in [1.82, 2.24) is 29.3 Å². The Labute approximate surface area is 139 Å². The predicted molar refractivity (Wildman–Crippen MR) is 91.8 cm³/mol. The minimum atomic E-state index is -0.129. The molecule has 0 unspecified atom stereocenters. The topological polar surface area (TPSA) is 72.6 Å². The van der Waals surface area contributed by atoms with E-state index in [9.17, 15) is 0 Å². The Morgan fingerprint density at radius 1 is 1.26 bits per heavy atom. The monoisotopic (exact) mass is 331 g/mol. The molecule has 8 heteroatoms. The number of rotatable bonds is 3. The summed E-state index contributed by atoms with van der Waals surface area (Å²) in [5.41, 5.74) is 1.69. The van der Waals surface area contributed by atoms with Gasteiger partial charge in [0.1, 0.15) is 11.6 Å². The highest BCUT2D eigenvalue weighted by atomic mass is 32.1. The molecule has 0 atom stereocenters.